The molecule has 3 rings (SSSR count). The second-order valence-electron chi connectivity index (χ2n) is 6.59. The smallest absolute Gasteiger partial charge is 0.252 e. The van der Waals surface area contributed by atoms with Crippen LogP contribution in [0.4, 0.5) is 0 Å². The maximum atomic E-state index is 12.6. The fourth-order valence-electron chi connectivity index (χ4n) is 3.79. The van der Waals surface area contributed by atoms with E-state index in [1.807, 2.05) is 18.2 Å². The van der Waals surface area contributed by atoms with E-state index in [1.54, 1.807) is 13.1 Å². The van der Waals surface area contributed by atoms with Crippen LogP contribution in [0.5, 0.6) is 0 Å². The molecule has 0 bridgehead atoms. The highest BCUT2D eigenvalue weighted by Crippen LogP contribution is 2.31. The third-order valence-electron chi connectivity index (χ3n) is 5.02. The molecule has 0 unspecified atom stereocenters. The van der Waals surface area contributed by atoms with Gasteiger partial charge in [-0.25, -0.2) is 0 Å². The fraction of sp³-hybridized carbons (Fsp3) is 0.500. The van der Waals surface area contributed by atoms with Crippen LogP contribution in [0.25, 0.3) is 0 Å². The highest BCUT2D eigenvalue weighted by atomic mass is 16.2. The Bertz CT molecular complexity index is 665. The van der Waals surface area contributed by atoms with E-state index in [2.05, 4.69) is 16.0 Å². The van der Waals surface area contributed by atoms with Gasteiger partial charge in [0.1, 0.15) is 5.54 Å². The van der Waals surface area contributed by atoms with Gasteiger partial charge in [0, 0.05) is 12.6 Å². The lowest BCUT2D eigenvalue weighted by Crippen LogP contribution is -2.59. The minimum absolute atomic E-state index is 0.133. The van der Waals surface area contributed by atoms with Gasteiger partial charge in [-0.15, -0.1) is 0 Å². The lowest BCUT2D eigenvalue weighted by atomic mass is 9.80. The summed E-state index contributed by atoms with van der Waals surface area (Å²) in [6.45, 7) is 0. The molecular weight excluding hydrogens is 306 g/mol. The average molecular weight is 329 g/mol. The number of hydrogen-bond acceptors (Lipinski definition) is 3. The molecule has 1 atom stereocenters. The van der Waals surface area contributed by atoms with E-state index in [9.17, 15) is 14.4 Å². The van der Waals surface area contributed by atoms with Crippen LogP contribution in [0, 0.1) is 0 Å². The molecule has 0 spiro atoms. The topological polar surface area (TPSA) is 87.3 Å². The molecule has 0 saturated heterocycles. The Morgan fingerprint density at radius 3 is 2.62 bits per heavy atom. The van der Waals surface area contributed by atoms with Crippen LogP contribution < -0.4 is 16.0 Å². The molecule has 1 aliphatic heterocycles. The summed E-state index contributed by atoms with van der Waals surface area (Å²) in [5.41, 5.74) is 0.649. The van der Waals surface area contributed by atoms with Crippen molar-refractivity contribution in [1.82, 2.24) is 16.0 Å². The molecule has 3 amide bonds. The molecule has 2 aliphatic rings. The van der Waals surface area contributed by atoms with Crippen LogP contribution >= 0.6 is 0 Å². The summed E-state index contributed by atoms with van der Waals surface area (Å²) in [6, 6.07) is 6.95. The molecule has 6 nitrogen and oxygen atoms in total. The van der Waals surface area contributed by atoms with Crippen molar-refractivity contribution in [2.45, 2.75) is 50.1 Å². The Balaban J connectivity index is 1.71. The summed E-state index contributed by atoms with van der Waals surface area (Å²) in [6.07, 6.45) is 4.40. The Labute approximate surface area is 141 Å². The lowest BCUT2D eigenvalue weighted by molar-refractivity contribution is -0.135. The summed E-state index contributed by atoms with van der Waals surface area (Å²) in [4.78, 5) is 36.8. The van der Waals surface area contributed by atoms with E-state index in [4.69, 9.17) is 0 Å². The molecule has 1 fully saturated rings. The van der Waals surface area contributed by atoms with Gasteiger partial charge in [-0.1, -0.05) is 37.5 Å². The molecule has 1 aliphatic carbocycles. The third kappa shape index (κ3) is 3.00. The van der Waals surface area contributed by atoms with E-state index in [-0.39, 0.29) is 30.2 Å². The Kier molecular flexibility index (Phi) is 4.55. The third-order valence-corrected chi connectivity index (χ3v) is 5.02. The van der Waals surface area contributed by atoms with Crippen molar-refractivity contribution in [2.75, 3.05) is 7.05 Å². The lowest BCUT2D eigenvalue weighted by Gasteiger charge is -2.36. The van der Waals surface area contributed by atoms with E-state index >= 15 is 0 Å². The van der Waals surface area contributed by atoms with Crippen molar-refractivity contribution in [3.8, 4) is 0 Å². The largest absolute Gasteiger partial charge is 0.357 e. The first kappa shape index (κ1) is 16.5. The second-order valence-corrected chi connectivity index (χ2v) is 6.59. The second kappa shape index (κ2) is 6.63. The van der Waals surface area contributed by atoms with Gasteiger partial charge in [-0.3, -0.25) is 14.4 Å². The number of hydrogen-bond donors (Lipinski definition) is 3. The first-order valence-electron chi connectivity index (χ1n) is 8.49. The maximum Gasteiger partial charge on any atom is 0.252 e. The predicted octanol–water partition coefficient (Wildman–Crippen LogP) is 1.43. The molecule has 0 radical (unpaired) electrons. The minimum atomic E-state index is -0.813. The van der Waals surface area contributed by atoms with E-state index in [0.717, 1.165) is 24.8 Å². The molecule has 1 saturated carbocycles. The number of carbonyl (C=O) groups excluding carboxylic acids is 3. The van der Waals surface area contributed by atoms with Gasteiger partial charge < -0.3 is 16.0 Å². The van der Waals surface area contributed by atoms with Crippen molar-refractivity contribution in [3.05, 3.63) is 35.4 Å². The number of likely N-dealkylation sites (N-methyl/N-ethyl adjacent to an activating group) is 1. The number of fused-ring (bicyclic) bond motifs is 1. The van der Waals surface area contributed by atoms with Gasteiger partial charge in [-0.05, 0) is 24.5 Å². The van der Waals surface area contributed by atoms with Gasteiger partial charge in [0.05, 0.1) is 12.5 Å². The predicted molar refractivity (Wildman–Crippen MR) is 89.3 cm³/mol. The van der Waals surface area contributed by atoms with E-state index in [0.29, 0.717) is 18.4 Å². The highest BCUT2D eigenvalue weighted by Gasteiger charge is 2.41. The molecule has 1 aromatic carbocycles. The van der Waals surface area contributed by atoms with Gasteiger partial charge in [0.25, 0.3) is 5.91 Å². The Morgan fingerprint density at radius 2 is 1.92 bits per heavy atom. The number of carbonyl (C=O) groups is 3. The van der Waals surface area contributed by atoms with E-state index in [1.165, 1.54) is 0 Å². The minimum Gasteiger partial charge on any atom is -0.357 e. The quantitative estimate of drug-likeness (QED) is 0.781. The number of nitrogens with one attached hydrogen (secondary N) is 3. The standard InChI is InChI=1S/C18H23N3O3/c1-19-17(24)18(9-5-2-6-10-18)21-15(22)11-14-12-7-3-4-8-13(12)16(23)20-14/h3-4,7-8,14H,2,5-6,9-11H2,1H3,(H,19,24)(H,20,23)(H,21,22)/t14-/m1/s1. The molecule has 1 heterocycles. The monoisotopic (exact) mass is 329 g/mol. The van der Waals surface area contributed by atoms with Crippen LogP contribution in [-0.4, -0.2) is 30.3 Å². The van der Waals surface area contributed by atoms with Crippen molar-refractivity contribution >= 4 is 17.7 Å². The zero-order chi connectivity index (χ0) is 17.2. The van der Waals surface area contributed by atoms with E-state index < -0.39 is 5.54 Å². The Morgan fingerprint density at radius 1 is 1.21 bits per heavy atom. The van der Waals surface area contributed by atoms with Gasteiger partial charge in [-0.2, -0.15) is 0 Å². The van der Waals surface area contributed by atoms with Crippen molar-refractivity contribution in [1.29, 1.82) is 0 Å². The number of rotatable bonds is 4. The number of amides is 3. The maximum absolute atomic E-state index is 12.6. The number of benzene rings is 1. The summed E-state index contributed by atoms with van der Waals surface area (Å²) in [7, 11) is 1.60. The molecule has 0 aromatic heterocycles. The molecule has 6 heteroatoms. The molecule has 24 heavy (non-hydrogen) atoms. The fourth-order valence-corrected chi connectivity index (χ4v) is 3.79. The van der Waals surface area contributed by atoms with Crippen molar-refractivity contribution in [2.24, 2.45) is 0 Å². The highest BCUT2D eigenvalue weighted by molar-refractivity contribution is 6.00. The molecule has 1 aromatic rings. The average Bonchev–Trinajstić information content (AvgIpc) is 2.91. The van der Waals surface area contributed by atoms with Gasteiger partial charge in [0.15, 0.2) is 0 Å². The zero-order valence-electron chi connectivity index (χ0n) is 13.9. The van der Waals surface area contributed by atoms with Gasteiger partial charge >= 0.3 is 0 Å². The summed E-state index contributed by atoms with van der Waals surface area (Å²) in [5, 5.41) is 8.47. The van der Waals surface area contributed by atoms with Crippen molar-refractivity contribution in [3.63, 3.8) is 0 Å². The zero-order valence-corrected chi connectivity index (χ0v) is 13.9. The first-order valence-corrected chi connectivity index (χ1v) is 8.49. The molecule has 3 N–H and O–H groups in total. The summed E-state index contributed by atoms with van der Waals surface area (Å²) < 4.78 is 0. The molecular formula is C18H23N3O3. The normalized spacial score (nSPS) is 21.5. The van der Waals surface area contributed by atoms with Crippen LogP contribution in [0.2, 0.25) is 0 Å². The van der Waals surface area contributed by atoms with Gasteiger partial charge in [0.2, 0.25) is 11.8 Å². The van der Waals surface area contributed by atoms with Crippen LogP contribution in [0.3, 0.4) is 0 Å². The summed E-state index contributed by atoms with van der Waals surface area (Å²) in [5.74, 6) is -0.490. The Hall–Kier alpha value is -2.37. The van der Waals surface area contributed by atoms with Crippen LogP contribution in [-0.2, 0) is 9.59 Å². The van der Waals surface area contributed by atoms with Crippen molar-refractivity contribution < 1.29 is 14.4 Å². The SMILES string of the molecule is CNC(=O)C1(NC(=O)C[C@H]2NC(=O)c3ccccc32)CCCCC1. The summed E-state index contributed by atoms with van der Waals surface area (Å²) >= 11 is 0. The van der Waals surface area contributed by atoms with Crippen LogP contribution in [0.1, 0.15) is 60.5 Å². The van der Waals surface area contributed by atoms with Crippen LogP contribution in [0.15, 0.2) is 24.3 Å². The first-order chi connectivity index (χ1) is 11.6. The molecule has 128 valence electrons.